The van der Waals surface area contributed by atoms with Gasteiger partial charge in [0.25, 0.3) is 0 Å². The maximum absolute atomic E-state index is 11.9. The van der Waals surface area contributed by atoms with Crippen LogP contribution in [0.3, 0.4) is 0 Å². The molecule has 0 bridgehead atoms. The number of urea groups is 1. The van der Waals surface area contributed by atoms with Crippen molar-refractivity contribution in [2.24, 2.45) is 0 Å². The SMILES string of the molecule is COc1ccc(C(C)NC(=O)Nc2cn[nH]c2)cc1OC. The van der Waals surface area contributed by atoms with E-state index in [1.54, 1.807) is 26.5 Å². The molecule has 0 saturated carbocycles. The molecule has 0 spiro atoms. The zero-order valence-corrected chi connectivity index (χ0v) is 12.1. The van der Waals surface area contributed by atoms with E-state index in [0.717, 1.165) is 5.56 Å². The van der Waals surface area contributed by atoms with E-state index < -0.39 is 0 Å². The minimum atomic E-state index is -0.307. The van der Waals surface area contributed by atoms with Crippen LogP contribution in [0, 0.1) is 0 Å². The number of hydrogen-bond donors (Lipinski definition) is 3. The summed E-state index contributed by atoms with van der Waals surface area (Å²) >= 11 is 0. The number of anilines is 1. The topological polar surface area (TPSA) is 88.3 Å². The molecule has 7 nitrogen and oxygen atoms in total. The summed E-state index contributed by atoms with van der Waals surface area (Å²) in [7, 11) is 3.16. The van der Waals surface area contributed by atoms with Gasteiger partial charge in [0.2, 0.25) is 0 Å². The Bertz CT molecular complexity index is 598. The van der Waals surface area contributed by atoms with Gasteiger partial charge in [-0.2, -0.15) is 5.10 Å². The second-order valence-corrected chi connectivity index (χ2v) is 4.42. The third-order valence-electron chi connectivity index (χ3n) is 3.01. The molecule has 7 heteroatoms. The van der Waals surface area contributed by atoms with E-state index in [1.807, 2.05) is 19.1 Å². The van der Waals surface area contributed by atoms with E-state index >= 15 is 0 Å². The number of amides is 2. The molecule has 1 heterocycles. The van der Waals surface area contributed by atoms with Gasteiger partial charge in [0, 0.05) is 6.20 Å². The fourth-order valence-corrected chi connectivity index (χ4v) is 1.89. The Morgan fingerprint density at radius 2 is 2.05 bits per heavy atom. The van der Waals surface area contributed by atoms with Crippen molar-refractivity contribution in [3.63, 3.8) is 0 Å². The number of nitrogens with one attached hydrogen (secondary N) is 3. The molecule has 1 aromatic carbocycles. The lowest BCUT2D eigenvalue weighted by Gasteiger charge is -2.16. The second-order valence-electron chi connectivity index (χ2n) is 4.42. The normalized spacial score (nSPS) is 11.6. The van der Waals surface area contributed by atoms with Crippen molar-refractivity contribution in [1.29, 1.82) is 0 Å². The lowest BCUT2D eigenvalue weighted by Crippen LogP contribution is -2.31. The molecule has 0 aliphatic rings. The maximum Gasteiger partial charge on any atom is 0.319 e. The molecule has 2 amide bonds. The largest absolute Gasteiger partial charge is 0.493 e. The third-order valence-corrected chi connectivity index (χ3v) is 3.01. The van der Waals surface area contributed by atoms with Crippen molar-refractivity contribution in [3.8, 4) is 11.5 Å². The van der Waals surface area contributed by atoms with Gasteiger partial charge in [0.05, 0.1) is 32.1 Å². The minimum absolute atomic E-state index is 0.184. The molecule has 0 aliphatic carbocycles. The smallest absolute Gasteiger partial charge is 0.319 e. The van der Waals surface area contributed by atoms with E-state index in [2.05, 4.69) is 20.8 Å². The summed E-state index contributed by atoms with van der Waals surface area (Å²) in [5.41, 5.74) is 1.52. The van der Waals surface area contributed by atoms with Crippen LogP contribution in [0.5, 0.6) is 11.5 Å². The average molecular weight is 290 g/mol. The average Bonchev–Trinajstić information content (AvgIpc) is 2.99. The van der Waals surface area contributed by atoms with Crippen LogP contribution in [0.2, 0.25) is 0 Å². The number of carbonyl (C=O) groups is 1. The number of aromatic amines is 1. The van der Waals surface area contributed by atoms with Crippen LogP contribution in [-0.4, -0.2) is 30.4 Å². The summed E-state index contributed by atoms with van der Waals surface area (Å²) in [5.74, 6) is 1.27. The van der Waals surface area contributed by atoms with Crippen LogP contribution in [0.25, 0.3) is 0 Å². The number of nitrogens with zero attached hydrogens (tertiary/aromatic N) is 1. The van der Waals surface area contributed by atoms with Crippen molar-refractivity contribution >= 4 is 11.7 Å². The standard InChI is InChI=1S/C14H18N4O3/c1-9(17-14(19)18-11-7-15-16-8-11)10-4-5-12(20-2)13(6-10)21-3/h4-9H,1-3H3,(H,15,16)(H2,17,18,19). The van der Waals surface area contributed by atoms with Crippen molar-refractivity contribution in [3.05, 3.63) is 36.2 Å². The number of H-pyrrole nitrogens is 1. The van der Waals surface area contributed by atoms with Crippen molar-refractivity contribution in [2.45, 2.75) is 13.0 Å². The van der Waals surface area contributed by atoms with Gasteiger partial charge in [-0.1, -0.05) is 6.07 Å². The molecular formula is C14H18N4O3. The van der Waals surface area contributed by atoms with E-state index in [0.29, 0.717) is 17.2 Å². The first kappa shape index (κ1) is 14.7. The molecule has 2 rings (SSSR count). The Kier molecular flexibility index (Phi) is 4.65. The van der Waals surface area contributed by atoms with Gasteiger partial charge in [0.1, 0.15) is 0 Å². The number of benzene rings is 1. The van der Waals surface area contributed by atoms with Crippen LogP contribution >= 0.6 is 0 Å². The summed E-state index contributed by atoms with van der Waals surface area (Å²) in [5, 5.41) is 11.9. The molecule has 1 aromatic heterocycles. The van der Waals surface area contributed by atoms with Crippen molar-refractivity contribution < 1.29 is 14.3 Å². The Balaban J connectivity index is 2.02. The summed E-state index contributed by atoms with van der Waals surface area (Å²) in [4.78, 5) is 11.9. The third kappa shape index (κ3) is 3.65. The molecule has 1 unspecified atom stereocenters. The number of carbonyl (C=O) groups excluding carboxylic acids is 1. The predicted molar refractivity (Wildman–Crippen MR) is 78.7 cm³/mol. The highest BCUT2D eigenvalue weighted by molar-refractivity contribution is 5.89. The minimum Gasteiger partial charge on any atom is -0.493 e. The molecule has 112 valence electrons. The van der Waals surface area contributed by atoms with E-state index in [1.165, 1.54) is 6.20 Å². The molecule has 3 N–H and O–H groups in total. The fraction of sp³-hybridized carbons (Fsp3) is 0.286. The number of methoxy groups -OCH3 is 2. The van der Waals surface area contributed by atoms with Crippen LogP contribution in [0.1, 0.15) is 18.5 Å². The Morgan fingerprint density at radius 3 is 2.67 bits per heavy atom. The first-order valence-electron chi connectivity index (χ1n) is 6.42. The number of hydrogen-bond acceptors (Lipinski definition) is 4. The van der Waals surface area contributed by atoms with E-state index in [-0.39, 0.29) is 12.1 Å². The predicted octanol–water partition coefficient (Wildman–Crippen LogP) is 2.31. The molecule has 0 fully saturated rings. The summed E-state index contributed by atoms with van der Waals surface area (Å²) in [6.07, 6.45) is 3.13. The van der Waals surface area contributed by atoms with Crippen molar-refractivity contribution in [2.75, 3.05) is 19.5 Å². The molecule has 1 atom stereocenters. The summed E-state index contributed by atoms with van der Waals surface area (Å²) < 4.78 is 10.4. The molecule has 0 saturated heterocycles. The zero-order valence-electron chi connectivity index (χ0n) is 12.1. The Hall–Kier alpha value is -2.70. The lowest BCUT2D eigenvalue weighted by atomic mass is 10.1. The summed E-state index contributed by atoms with van der Waals surface area (Å²) in [6, 6.07) is 5.03. The van der Waals surface area contributed by atoms with Crippen LogP contribution in [-0.2, 0) is 0 Å². The first-order chi connectivity index (χ1) is 10.1. The van der Waals surface area contributed by atoms with Gasteiger partial charge in [-0.05, 0) is 24.6 Å². The number of rotatable bonds is 5. The highest BCUT2D eigenvalue weighted by Gasteiger charge is 2.13. The highest BCUT2D eigenvalue weighted by atomic mass is 16.5. The molecule has 21 heavy (non-hydrogen) atoms. The monoisotopic (exact) mass is 290 g/mol. The number of ether oxygens (including phenoxy) is 2. The maximum atomic E-state index is 11.9. The van der Waals surface area contributed by atoms with E-state index in [4.69, 9.17) is 9.47 Å². The van der Waals surface area contributed by atoms with Gasteiger partial charge in [-0.3, -0.25) is 5.10 Å². The highest BCUT2D eigenvalue weighted by Crippen LogP contribution is 2.29. The quantitative estimate of drug-likeness (QED) is 0.788. The lowest BCUT2D eigenvalue weighted by molar-refractivity contribution is 0.249. The second kappa shape index (κ2) is 6.65. The number of aromatic nitrogens is 2. The van der Waals surface area contributed by atoms with Crippen molar-refractivity contribution in [1.82, 2.24) is 15.5 Å². The van der Waals surface area contributed by atoms with Gasteiger partial charge in [0.15, 0.2) is 11.5 Å². The van der Waals surface area contributed by atoms with Crippen LogP contribution in [0.15, 0.2) is 30.6 Å². The van der Waals surface area contributed by atoms with Crippen LogP contribution < -0.4 is 20.1 Å². The molecule has 0 aliphatic heterocycles. The van der Waals surface area contributed by atoms with Crippen LogP contribution in [0.4, 0.5) is 10.5 Å². The van der Waals surface area contributed by atoms with Gasteiger partial charge < -0.3 is 20.1 Å². The summed E-state index contributed by atoms with van der Waals surface area (Å²) in [6.45, 7) is 1.89. The fourth-order valence-electron chi connectivity index (χ4n) is 1.89. The van der Waals surface area contributed by atoms with Gasteiger partial charge >= 0.3 is 6.03 Å². The molecule has 0 radical (unpaired) electrons. The molecular weight excluding hydrogens is 272 g/mol. The van der Waals surface area contributed by atoms with Gasteiger partial charge in [-0.25, -0.2) is 4.79 Å². The first-order valence-corrected chi connectivity index (χ1v) is 6.42. The molecule has 2 aromatic rings. The van der Waals surface area contributed by atoms with E-state index in [9.17, 15) is 4.79 Å². The Labute approximate surface area is 122 Å². The zero-order chi connectivity index (χ0) is 15.2. The van der Waals surface area contributed by atoms with Gasteiger partial charge in [-0.15, -0.1) is 0 Å². The Morgan fingerprint density at radius 1 is 1.29 bits per heavy atom.